The summed E-state index contributed by atoms with van der Waals surface area (Å²) in [4.78, 5) is 32.0. The van der Waals surface area contributed by atoms with E-state index in [1.807, 2.05) is 13.0 Å². The van der Waals surface area contributed by atoms with E-state index in [-0.39, 0.29) is 34.7 Å². The molecule has 0 radical (unpaired) electrons. The number of amides is 1. The highest BCUT2D eigenvalue weighted by atomic mass is 35.5. The molecule has 2 heterocycles. The number of rotatable bonds is 8. The number of carbonyl (C=O) groups is 2. The number of aromatic nitrogens is 2. The lowest BCUT2D eigenvalue weighted by Crippen LogP contribution is -2.27. The Bertz CT molecular complexity index is 916. The van der Waals surface area contributed by atoms with Crippen LogP contribution >= 0.6 is 11.6 Å². The van der Waals surface area contributed by atoms with Crippen LogP contribution in [0.1, 0.15) is 54.1 Å². The molecule has 2 aromatic heterocycles. The minimum atomic E-state index is -3.03. The second-order valence-corrected chi connectivity index (χ2v) is 7.38. The topological polar surface area (TPSA) is 81.2 Å². The average molecular weight is 426 g/mol. The third kappa shape index (κ3) is 7.05. The predicted octanol–water partition coefficient (Wildman–Crippen LogP) is 4.09. The highest BCUT2D eigenvalue weighted by Gasteiger charge is 2.23. The monoisotopic (exact) mass is 425 g/mol. The first kappa shape index (κ1) is 22.7. The summed E-state index contributed by atoms with van der Waals surface area (Å²) in [6, 6.07) is 4.52. The highest BCUT2D eigenvalue weighted by Crippen LogP contribution is 2.25. The number of hydrogen-bond acceptors (Lipinski definition) is 5. The number of Topliss-reactive ketones (excluding diaryl/α,β-unsaturated/α-hetero) is 1. The second kappa shape index (κ2) is 9.26. The largest absolute Gasteiger partial charge is 0.470 e. The number of nitrogens with zero attached hydrogens (tertiary/aromatic N) is 2. The van der Waals surface area contributed by atoms with Crippen molar-refractivity contribution in [2.75, 3.05) is 6.61 Å². The van der Waals surface area contributed by atoms with E-state index in [0.29, 0.717) is 12.6 Å². The van der Waals surface area contributed by atoms with Gasteiger partial charge >= 0.3 is 0 Å². The quantitative estimate of drug-likeness (QED) is 0.688. The molecule has 0 aliphatic heterocycles. The Labute approximate surface area is 172 Å². The fraction of sp³-hybridized carbons (Fsp3) is 0.400. The van der Waals surface area contributed by atoms with Gasteiger partial charge in [-0.2, -0.15) is 0 Å². The lowest BCUT2D eigenvalue weighted by molar-refractivity contribution is -0.116. The van der Waals surface area contributed by atoms with Crippen LogP contribution in [0.3, 0.4) is 0 Å². The van der Waals surface area contributed by atoms with E-state index in [9.17, 15) is 18.4 Å². The highest BCUT2D eigenvalue weighted by molar-refractivity contribution is 6.32. The fourth-order valence-electron chi connectivity index (χ4n) is 2.58. The summed E-state index contributed by atoms with van der Waals surface area (Å²) in [5.41, 5.74) is 2.32. The molecule has 156 valence electrons. The first-order valence-corrected chi connectivity index (χ1v) is 9.26. The van der Waals surface area contributed by atoms with Crippen LogP contribution in [0.5, 0.6) is 5.88 Å². The third-order valence-electron chi connectivity index (χ3n) is 3.84. The molecule has 6 nitrogen and oxygen atoms in total. The molecule has 0 saturated carbocycles. The molecule has 0 saturated heterocycles. The summed E-state index contributed by atoms with van der Waals surface area (Å²) >= 11 is 5.99. The fourth-order valence-corrected chi connectivity index (χ4v) is 2.80. The molecule has 1 amide bonds. The molecular formula is C20H22ClF2N3O3. The molecule has 1 unspecified atom stereocenters. The van der Waals surface area contributed by atoms with Crippen molar-refractivity contribution in [3.05, 3.63) is 51.9 Å². The van der Waals surface area contributed by atoms with Gasteiger partial charge in [0.25, 0.3) is 11.8 Å². The Morgan fingerprint density at radius 1 is 1.31 bits per heavy atom. The van der Waals surface area contributed by atoms with Gasteiger partial charge in [-0.3, -0.25) is 14.6 Å². The maximum Gasteiger partial charge on any atom is 0.278 e. The smallest absolute Gasteiger partial charge is 0.278 e. The number of hydrogen-bond donors (Lipinski definition) is 1. The summed E-state index contributed by atoms with van der Waals surface area (Å²) in [6.45, 7) is 4.93. The minimum absolute atomic E-state index is 0.00500. The van der Waals surface area contributed by atoms with Crippen LogP contribution in [-0.4, -0.2) is 34.2 Å². The van der Waals surface area contributed by atoms with Gasteiger partial charge in [-0.1, -0.05) is 11.6 Å². The Morgan fingerprint density at radius 3 is 2.59 bits per heavy atom. The van der Waals surface area contributed by atoms with Crippen molar-refractivity contribution < 1.29 is 23.1 Å². The first-order chi connectivity index (χ1) is 13.4. The molecule has 0 aromatic carbocycles. The number of alkyl halides is 2. The lowest BCUT2D eigenvalue weighted by Gasteiger charge is -2.16. The molecular weight excluding hydrogens is 404 g/mol. The predicted molar refractivity (Wildman–Crippen MR) is 105 cm³/mol. The van der Waals surface area contributed by atoms with E-state index in [4.69, 9.17) is 16.3 Å². The molecule has 0 bridgehead atoms. The van der Waals surface area contributed by atoms with Crippen LogP contribution in [-0.2, 0) is 11.2 Å². The standard InChI is InChI=1S/C20H22ClF2N3O3/c1-11-5-14(7-16(25-11)6-12(2)27)13(3)26-18(28)15-8-17(21)19(24-9-15)29-10-20(4,22)23/h5,7-9,13H,6,10H2,1-4H3,(H,26,28). The van der Waals surface area contributed by atoms with Crippen molar-refractivity contribution in [3.63, 3.8) is 0 Å². The molecule has 0 fully saturated rings. The van der Waals surface area contributed by atoms with E-state index < -0.39 is 18.4 Å². The van der Waals surface area contributed by atoms with Gasteiger partial charge in [0.1, 0.15) is 10.8 Å². The van der Waals surface area contributed by atoms with Crippen molar-refractivity contribution in [3.8, 4) is 5.88 Å². The zero-order chi connectivity index (χ0) is 21.8. The molecule has 0 spiro atoms. The SMILES string of the molecule is CC(=O)Cc1cc(C(C)NC(=O)c2cnc(OCC(C)(F)F)c(Cl)c2)cc(C)n1. The Morgan fingerprint density at radius 2 is 2.00 bits per heavy atom. The van der Waals surface area contributed by atoms with Crippen molar-refractivity contribution in [2.24, 2.45) is 0 Å². The minimum Gasteiger partial charge on any atom is -0.470 e. The zero-order valence-corrected chi connectivity index (χ0v) is 17.3. The number of nitrogens with one attached hydrogen (secondary N) is 1. The Hall–Kier alpha value is -2.61. The average Bonchev–Trinajstić information content (AvgIpc) is 2.58. The van der Waals surface area contributed by atoms with E-state index in [0.717, 1.165) is 11.3 Å². The molecule has 1 atom stereocenters. The van der Waals surface area contributed by atoms with Crippen LogP contribution < -0.4 is 10.1 Å². The number of ether oxygens (including phenoxy) is 1. The zero-order valence-electron chi connectivity index (χ0n) is 16.6. The molecule has 2 aromatic rings. The van der Waals surface area contributed by atoms with Crippen molar-refractivity contribution in [1.82, 2.24) is 15.3 Å². The van der Waals surface area contributed by atoms with Gasteiger partial charge in [0, 0.05) is 30.9 Å². The number of halogens is 3. The first-order valence-electron chi connectivity index (χ1n) is 8.88. The number of pyridine rings is 2. The van der Waals surface area contributed by atoms with Crippen LogP contribution in [0.4, 0.5) is 8.78 Å². The van der Waals surface area contributed by atoms with Crippen LogP contribution in [0.25, 0.3) is 0 Å². The molecule has 9 heteroatoms. The van der Waals surface area contributed by atoms with E-state index in [1.165, 1.54) is 19.2 Å². The summed E-state index contributed by atoms with van der Waals surface area (Å²) in [6.07, 6.45) is 1.42. The molecule has 2 rings (SSSR count). The van der Waals surface area contributed by atoms with Crippen LogP contribution in [0.2, 0.25) is 5.02 Å². The molecule has 1 N–H and O–H groups in total. The Balaban J connectivity index is 2.10. The maximum absolute atomic E-state index is 12.9. The van der Waals surface area contributed by atoms with Gasteiger partial charge in [0.2, 0.25) is 5.88 Å². The molecule has 0 aliphatic rings. The summed E-state index contributed by atoms with van der Waals surface area (Å²) < 4.78 is 30.7. The van der Waals surface area contributed by atoms with Gasteiger partial charge < -0.3 is 10.1 Å². The second-order valence-electron chi connectivity index (χ2n) is 6.98. The summed E-state index contributed by atoms with van der Waals surface area (Å²) in [5.74, 6) is -3.65. The lowest BCUT2D eigenvalue weighted by atomic mass is 10.1. The van der Waals surface area contributed by atoms with Gasteiger partial charge in [0.15, 0.2) is 6.61 Å². The van der Waals surface area contributed by atoms with Gasteiger partial charge in [0.05, 0.1) is 11.6 Å². The van der Waals surface area contributed by atoms with Crippen molar-refractivity contribution in [1.29, 1.82) is 0 Å². The van der Waals surface area contributed by atoms with E-state index >= 15 is 0 Å². The maximum atomic E-state index is 12.9. The normalized spacial score (nSPS) is 12.4. The summed E-state index contributed by atoms with van der Waals surface area (Å²) in [5, 5.41) is 2.77. The van der Waals surface area contributed by atoms with Crippen molar-refractivity contribution >= 4 is 23.3 Å². The summed E-state index contributed by atoms with van der Waals surface area (Å²) in [7, 11) is 0. The van der Waals surface area contributed by atoms with E-state index in [1.54, 1.807) is 13.0 Å². The molecule has 29 heavy (non-hydrogen) atoms. The number of ketones is 1. The van der Waals surface area contributed by atoms with Crippen LogP contribution in [0.15, 0.2) is 24.4 Å². The number of aryl methyl sites for hydroxylation is 1. The van der Waals surface area contributed by atoms with Crippen LogP contribution in [0, 0.1) is 6.92 Å². The van der Waals surface area contributed by atoms with Gasteiger partial charge in [-0.05, 0) is 44.5 Å². The van der Waals surface area contributed by atoms with Crippen molar-refractivity contribution in [2.45, 2.75) is 46.1 Å². The Kier molecular flexibility index (Phi) is 7.24. The van der Waals surface area contributed by atoms with Gasteiger partial charge in [-0.25, -0.2) is 13.8 Å². The van der Waals surface area contributed by atoms with Gasteiger partial charge in [-0.15, -0.1) is 0 Å². The third-order valence-corrected chi connectivity index (χ3v) is 4.11. The molecule has 0 aliphatic carbocycles. The number of carbonyl (C=O) groups excluding carboxylic acids is 2. The van der Waals surface area contributed by atoms with E-state index in [2.05, 4.69) is 15.3 Å².